The van der Waals surface area contributed by atoms with Gasteiger partial charge in [0, 0.05) is 6.04 Å². The van der Waals surface area contributed by atoms with Gasteiger partial charge in [0.25, 0.3) is 0 Å². The minimum atomic E-state index is -0.775. The van der Waals surface area contributed by atoms with Crippen LogP contribution in [0.25, 0.3) is 0 Å². The number of carbonyl (C=O) groups is 2. The molecule has 0 atom stereocenters. The van der Waals surface area contributed by atoms with Crippen molar-refractivity contribution in [2.24, 2.45) is 11.8 Å². The molecule has 1 aliphatic rings. The highest BCUT2D eigenvalue weighted by atomic mass is 16.5. The third-order valence-corrected chi connectivity index (χ3v) is 3.72. The van der Waals surface area contributed by atoms with Crippen LogP contribution in [0, 0.1) is 11.8 Å². The van der Waals surface area contributed by atoms with Crippen molar-refractivity contribution in [3.8, 4) is 5.75 Å². The van der Waals surface area contributed by atoms with Gasteiger partial charge in [-0.1, -0.05) is 26.0 Å². The van der Waals surface area contributed by atoms with Gasteiger partial charge in [0.15, 0.2) is 0 Å². The monoisotopic (exact) mass is 305 g/mol. The average molecular weight is 305 g/mol. The van der Waals surface area contributed by atoms with E-state index in [2.05, 4.69) is 19.2 Å². The van der Waals surface area contributed by atoms with E-state index in [0.29, 0.717) is 31.8 Å². The molecule has 5 nitrogen and oxygen atoms in total. The molecule has 0 heterocycles. The normalized spacial score (nSPS) is 20.3. The molecule has 0 bridgehead atoms. The fraction of sp³-hybridized carbons (Fsp3) is 0.529. The molecule has 120 valence electrons. The topological polar surface area (TPSA) is 75.6 Å². The first-order valence-electron chi connectivity index (χ1n) is 7.68. The van der Waals surface area contributed by atoms with Gasteiger partial charge in [0.05, 0.1) is 18.9 Å². The average Bonchev–Trinajstić information content (AvgIpc) is 2.41. The molecule has 5 heteroatoms. The number of amides is 1. The lowest BCUT2D eigenvalue weighted by atomic mass is 9.80. The number of carbonyl (C=O) groups excluding carboxylic acids is 1. The quantitative estimate of drug-likeness (QED) is 0.810. The Balaban J connectivity index is 1.74. The third-order valence-electron chi connectivity index (χ3n) is 3.72. The highest BCUT2D eigenvalue weighted by Crippen LogP contribution is 2.27. The second-order valence-corrected chi connectivity index (χ2v) is 6.30. The van der Waals surface area contributed by atoms with Gasteiger partial charge in [-0.05, 0) is 36.5 Å². The van der Waals surface area contributed by atoms with E-state index >= 15 is 0 Å². The van der Waals surface area contributed by atoms with E-state index in [0.717, 1.165) is 11.3 Å². The summed E-state index contributed by atoms with van der Waals surface area (Å²) in [6.45, 7) is 4.86. The zero-order valence-electron chi connectivity index (χ0n) is 13.0. The fourth-order valence-electron chi connectivity index (χ4n) is 2.37. The van der Waals surface area contributed by atoms with Crippen LogP contribution < -0.4 is 10.1 Å². The molecule has 0 saturated heterocycles. The van der Waals surface area contributed by atoms with Gasteiger partial charge in [-0.2, -0.15) is 0 Å². The number of carboxylic acids is 1. The molecule has 22 heavy (non-hydrogen) atoms. The summed E-state index contributed by atoms with van der Waals surface area (Å²) in [4.78, 5) is 22.6. The van der Waals surface area contributed by atoms with E-state index in [-0.39, 0.29) is 17.9 Å². The Morgan fingerprint density at radius 2 is 1.91 bits per heavy atom. The molecule has 1 amide bonds. The molecular weight excluding hydrogens is 282 g/mol. The Bertz CT molecular complexity index is 518. The van der Waals surface area contributed by atoms with Crippen LogP contribution in [0.4, 0.5) is 0 Å². The van der Waals surface area contributed by atoms with E-state index in [1.165, 1.54) is 0 Å². The Morgan fingerprint density at radius 3 is 2.45 bits per heavy atom. The van der Waals surface area contributed by atoms with Crippen LogP contribution in [-0.2, 0) is 16.0 Å². The van der Waals surface area contributed by atoms with E-state index < -0.39 is 5.97 Å². The van der Waals surface area contributed by atoms with Gasteiger partial charge in [0.1, 0.15) is 5.75 Å². The van der Waals surface area contributed by atoms with Gasteiger partial charge in [-0.3, -0.25) is 9.59 Å². The molecule has 1 aliphatic carbocycles. The number of nitrogens with one attached hydrogen (secondary N) is 1. The largest absolute Gasteiger partial charge is 0.493 e. The van der Waals surface area contributed by atoms with Gasteiger partial charge in [0.2, 0.25) is 5.91 Å². The number of benzene rings is 1. The van der Waals surface area contributed by atoms with E-state index in [1.54, 1.807) is 0 Å². The summed E-state index contributed by atoms with van der Waals surface area (Å²) >= 11 is 0. The molecule has 0 unspecified atom stereocenters. The maximum atomic E-state index is 11.9. The number of ether oxygens (including phenoxy) is 1. The molecule has 1 aromatic carbocycles. The van der Waals surface area contributed by atoms with Crippen LogP contribution in [0.2, 0.25) is 0 Å². The molecular formula is C17H23NO4. The Morgan fingerprint density at radius 1 is 1.27 bits per heavy atom. The molecule has 2 rings (SSSR count). The van der Waals surface area contributed by atoms with E-state index in [1.807, 2.05) is 24.3 Å². The Kier molecular flexibility index (Phi) is 5.41. The second kappa shape index (κ2) is 7.29. The van der Waals surface area contributed by atoms with Crippen molar-refractivity contribution in [2.45, 2.75) is 39.2 Å². The number of rotatable bonds is 7. The van der Waals surface area contributed by atoms with Gasteiger partial charge in [-0.15, -0.1) is 0 Å². The zero-order chi connectivity index (χ0) is 16.1. The van der Waals surface area contributed by atoms with Crippen molar-refractivity contribution in [2.75, 3.05) is 6.61 Å². The summed E-state index contributed by atoms with van der Waals surface area (Å²) in [6.07, 6.45) is 1.37. The summed E-state index contributed by atoms with van der Waals surface area (Å²) in [5.74, 6) is 0.138. The lowest BCUT2D eigenvalue weighted by molar-refractivity contribution is -0.146. The number of aliphatic carboxylic acids is 1. The van der Waals surface area contributed by atoms with Gasteiger partial charge in [-0.25, -0.2) is 0 Å². The van der Waals surface area contributed by atoms with Crippen LogP contribution in [0.15, 0.2) is 24.3 Å². The molecule has 2 N–H and O–H groups in total. The number of carboxylic acid groups (broad SMARTS) is 1. The van der Waals surface area contributed by atoms with E-state index in [4.69, 9.17) is 9.84 Å². The maximum absolute atomic E-state index is 11.9. The van der Waals surface area contributed by atoms with Crippen LogP contribution >= 0.6 is 0 Å². The van der Waals surface area contributed by atoms with Crippen molar-refractivity contribution in [1.29, 1.82) is 0 Å². The maximum Gasteiger partial charge on any atom is 0.306 e. The molecule has 0 spiro atoms. The van der Waals surface area contributed by atoms with Gasteiger partial charge < -0.3 is 15.2 Å². The molecule has 0 aromatic heterocycles. The molecule has 1 saturated carbocycles. The molecule has 0 radical (unpaired) electrons. The van der Waals surface area contributed by atoms with Crippen molar-refractivity contribution in [3.63, 3.8) is 0 Å². The third kappa shape index (κ3) is 4.76. The first-order valence-corrected chi connectivity index (χ1v) is 7.68. The van der Waals surface area contributed by atoms with Crippen molar-refractivity contribution < 1.29 is 19.4 Å². The van der Waals surface area contributed by atoms with Crippen molar-refractivity contribution >= 4 is 11.9 Å². The summed E-state index contributed by atoms with van der Waals surface area (Å²) < 4.78 is 5.60. The second-order valence-electron chi connectivity index (χ2n) is 6.30. The Labute approximate surface area is 130 Å². The predicted octanol–water partition coefficient (Wildman–Crippen LogP) is 2.24. The SMILES string of the molecule is CC(C)COc1ccc(CC(=O)NC2CC(C(=O)O)C2)cc1. The standard InChI is InChI=1S/C17H23NO4/c1-11(2)10-22-15-5-3-12(4-6-15)7-16(19)18-14-8-13(9-14)17(20)21/h3-6,11,13-14H,7-10H2,1-2H3,(H,18,19)(H,20,21). The lowest BCUT2D eigenvalue weighted by Crippen LogP contribution is -2.47. The summed E-state index contributed by atoms with van der Waals surface area (Å²) in [5, 5.41) is 11.7. The molecule has 1 fully saturated rings. The highest BCUT2D eigenvalue weighted by Gasteiger charge is 2.35. The Hall–Kier alpha value is -2.04. The summed E-state index contributed by atoms with van der Waals surface area (Å²) in [5.41, 5.74) is 0.920. The van der Waals surface area contributed by atoms with Crippen LogP contribution in [-0.4, -0.2) is 29.6 Å². The van der Waals surface area contributed by atoms with Crippen LogP contribution in [0.1, 0.15) is 32.3 Å². The zero-order valence-corrected chi connectivity index (χ0v) is 13.0. The fourth-order valence-corrected chi connectivity index (χ4v) is 2.37. The first kappa shape index (κ1) is 16.3. The summed E-state index contributed by atoms with van der Waals surface area (Å²) in [7, 11) is 0. The number of hydrogen-bond donors (Lipinski definition) is 2. The van der Waals surface area contributed by atoms with Crippen LogP contribution in [0.5, 0.6) is 5.75 Å². The molecule has 1 aromatic rings. The van der Waals surface area contributed by atoms with Crippen molar-refractivity contribution in [1.82, 2.24) is 5.32 Å². The van der Waals surface area contributed by atoms with E-state index in [9.17, 15) is 9.59 Å². The summed E-state index contributed by atoms with van der Waals surface area (Å²) in [6, 6.07) is 7.51. The predicted molar refractivity (Wildman–Crippen MR) is 82.8 cm³/mol. The van der Waals surface area contributed by atoms with Crippen LogP contribution in [0.3, 0.4) is 0 Å². The minimum Gasteiger partial charge on any atom is -0.493 e. The number of hydrogen-bond acceptors (Lipinski definition) is 3. The highest BCUT2D eigenvalue weighted by molar-refractivity contribution is 5.79. The molecule has 0 aliphatic heterocycles. The lowest BCUT2D eigenvalue weighted by Gasteiger charge is -2.32. The smallest absolute Gasteiger partial charge is 0.306 e. The van der Waals surface area contributed by atoms with Gasteiger partial charge >= 0.3 is 5.97 Å². The minimum absolute atomic E-state index is 0.00208. The van der Waals surface area contributed by atoms with Crippen molar-refractivity contribution in [3.05, 3.63) is 29.8 Å². The first-order chi connectivity index (χ1) is 10.4.